The van der Waals surface area contributed by atoms with Gasteiger partial charge in [0.05, 0.1) is 5.92 Å². The third-order valence-electron chi connectivity index (χ3n) is 2.28. The van der Waals surface area contributed by atoms with Gasteiger partial charge in [-0.3, -0.25) is 4.79 Å². The topological polar surface area (TPSA) is 37.3 Å². The fraction of sp³-hybridized carbons (Fsp3) is 0.545. The van der Waals surface area contributed by atoms with Gasteiger partial charge in [0.25, 0.3) is 0 Å². The molecule has 0 saturated heterocycles. The lowest BCUT2D eigenvalue weighted by atomic mass is 9.89. The van der Waals surface area contributed by atoms with Crippen molar-refractivity contribution in [2.24, 2.45) is 11.8 Å². The molecule has 0 rings (SSSR count). The minimum atomic E-state index is -0.747. The van der Waals surface area contributed by atoms with Crippen molar-refractivity contribution in [2.75, 3.05) is 0 Å². The van der Waals surface area contributed by atoms with E-state index in [0.29, 0.717) is 0 Å². The van der Waals surface area contributed by atoms with Crippen LogP contribution in [0.4, 0.5) is 0 Å². The van der Waals surface area contributed by atoms with E-state index >= 15 is 0 Å². The van der Waals surface area contributed by atoms with Gasteiger partial charge in [0, 0.05) is 0 Å². The molecule has 2 nitrogen and oxygen atoms in total. The molecule has 1 N–H and O–H groups in total. The first-order chi connectivity index (χ1) is 6.13. The zero-order valence-electron chi connectivity index (χ0n) is 8.20. The van der Waals surface area contributed by atoms with Gasteiger partial charge in [0.15, 0.2) is 0 Å². The average molecular weight is 182 g/mol. The van der Waals surface area contributed by atoms with E-state index in [1.54, 1.807) is 13.0 Å². The quantitative estimate of drug-likeness (QED) is 0.485. The van der Waals surface area contributed by atoms with Gasteiger partial charge in [0.1, 0.15) is 0 Å². The number of aliphatic carboxylic acids is 1. The minimum absolute atomic E-state index is 0.0810. The van der Waals surface area contributed by atoms with E-state index in [4.69, 9.17) is 5.11 Å². The third kappa shape index (κ3) is 4.51. The molecule has 74 valence electrons. The maximum atomic E-state index is 10.7. The number of hydrogen-bond donors (Lipinski definition) is 1. The lowest BCUT2D eigenvalue weighted by Crippen LogP contribution is -2.18. The Labute approximate surface area is 80.0 Å². The number of rotatable bonds is 7. The van der Waals surface area contributed by atoms with E-state index in [2.05, 4.69) is 13.2 Å². The predicted octanol–water partition coefficient (Wildman–Crippen LogP) is 2.87. The Morgan fingerprint density at radius 3 is 2.54 bits per heavy atom. The summed E-state index contributed by atoms with van der Waals surface area (Å²) in [6, 6.07) is 0. The molecule has 0 amide bonds. The summed E-state index contributed by atoms with van der Waals surface area (Å²) in [6.07, 6.45) is 6.39. The number of allylic oxidation sites excluding steroid dienone is 2. The number of carbonyl (C=O) groups is 1. The summed E-state index contributed by atoms with van der Waals surface area (Å²) in [5, 5.41) is 8.77. The Kier molecular flexibility index (Phi) is 5.94. The Morgan fingerprint density at radius 2 is 2.15 bits per heavy atom. The van der Waals surface area contributed by atoms with Crippen LogP contribution in [0.25, 0.3) is 0 Å². The van der Waals surface area contributed by atoms with Crippen LogP contribution in [0.15, 0.2) is 25.3 Å². The van der Waals surface area contributed by atoms with Crippen molar-refractivity contribution in [3.8, 4) is 0 Å². The van der Waals surface area contributed by atoms with Crippen LogP contribution in [0.5, 0.6) is 0 Å². The molecule has 0 aliphatic rings. The maximum absolute atomic E-state index is 10.7. The van der Waals surface area contributed by atoms with E-state index < -0.39 is 5.97 Å². The van der Waals surface area contributed by atoms with Crippen molar-refractivity contribution in [1.82, 2.24) is 0 Å². The van der Waals surface area contributed by atoms with E-state index in [1.165, 1.54) is 0 Å². The second-order valence-electron chi connectivity index (χ2n) is 3.25. The predicted molar refractivity (Wildman–Crippen MR) is 54.5 cm³/mol. The molecular weight excluding hydrogens is 164 g/mol. The molecule has 0 radical (unpaired) electrons. The summed E-state index contributed by atoms with van der Waals surface area (Å²) in [6.45, 7) is 9.00. The van der Waals surface area contributed by atoms with Crippen LogP contribution in [0.2, 0.25) is 0 Å². The molecule has 0 aromatic carbocycles. The zero-order valence-corrected chi connectivity index (χ0v) is 8.20. The average Bonchev–Trinajstić information content (AvgIpc) is 2.11. The smallest absolute Gasteiger partial charge is 0.306 e. The van der Waals surface area contributed by atoms with Gasteiger partial charge in [-0.25, -0.2) is 0 Å². The van der Waals surface area contributed by atoms with Crippen LogP contribution in [0.1, 0.15) is 26.2 Å². The molecule has 2 unspecified atom stereocenters. The number of unbranched alkanes of at least 4 members (excludes halogenated alkanes) is 1. The van der Waals surface area contributed by atoms with Crippen LogP contribution in [-0.2, 0) is 4.79 Å². The normalized spacial score (nSPS) is 14.5. The van der Waals surface area contributed by atoms with Crippen molar-refractivity contribution in [3.63, 3.8) is 0 Å². The van der Waals surface area contributed by atoms with Gasteiger partial charge in [0.2, 0.25) is 0 Å². The zero-order chi connectivity index (χ0) is 10.3. The summed E-state index contributed by atoms with van der Waals surface area (Å²) in [5.41, 5.74) is 0. The molecule has 0 fully saturated rings. The van der Waals surface area contributed by atoms with Gasteiger partial charge < -0.3 is 5.11 Å². The van der Waals surface area contributed by atoms with Crippen molar-refractivity contribution >= 4 is 5.97 Å². The monoisotopic (exact) mass is 182 g/mol. The highest BCUT2D eigenvalue weighted by atomic mass is 16.4. The Hall–Kier alpha value is -1.05. The number of carboxylic acids is 1. The summed E-state index contributed by atoms with van der Waals surface area (Å²) in [7, 11) is 0. The van der Waals surface area contributed by atoms with E-state index in [-0.39, 0.29) is 11.8 Å². The standard InChI is InChI=1S/C11H18O2/c1-4-6-7-8-10(5-2)9(3)11(12)13/h4-5,9-10H,1-2,6-8H2,3H3,(H,12,13). The minimum Gasteiger partial charge on any atom is -0.481 e. The summed E-state index contributed by atoms with van der Waals surface area (Å²) < 4.78 is 0. The molecule has 0 aromatic heterocycles. The van der Waals surface area contributed by atoms with Gasteiger partial charge >= 0.3 is 5.97 Å². The van der Waals surface area contributed by atoms with E-state index in [9.17, 15) is 4.79 Å². The Bertz CT molecular complexity index is 185. The molecule has 0 heterocycles. The van der Waals surface area contributed by atoms with Crippen LogP contribution in [0, 0.1) is 11.8 Å². The summed E-state index contributed by atoms with van der Waals surface area (Å²) >= 11 is 0. The second kappa shape index (κ2) is 6.46. The first-order valence-electron chi connectivity index (χ1n) is 4.59. The van der Waals surface area contributed by atoms with Crippen molar-refractivity contribution in [3.05, 3.63) is 25.3 Å². The highest BCUT2D eigenvalue weighted by Gasteiger charge is 2.19. The highest BCUT2D eigenvalue weighted by molar-refractivity contribution is 5.70. The van der Waals surface area contributed by atoms with Crippen molar-refractivity contribution < 1.29 is 9.90 Å². The first kappa shape index (κ1) is 11.9. The molecule has 13 heavy (non-hydrogen) atoms. The van der Waals surface area contributed by atoms with Crippen LogP contribution >= 0.6 is 0 Å². The van der Waals surface area contributed by atoms with Crippen molar-refractivity contribution in [1.29, 1.82) is 0 Å². The highest BCUT2D eigenvalue weighted by Crippen LogP contribution is 2.19. The first-order valence-corrected chi connectivity index (χ1v) is 4.59. The molecule has 0 spiro atoms. The second-order valence-corrected chi connectivity index (χ2v) is 3.25. The van der Waals surface area contributed by atoms with E-state index in [0.717, 1.165) is 19.3 Å². The molecular formula is C11H18O2. The fourth-order valence-electron chi connectivity index (χ4n) is 1.25. The van der Waals surface area contributed by atoms with Gasteiger partial charge in [-0.15, -0.1) is 13.2 Å². The molecule has 0 aliphatic carbocycles. The fourth-order valence-corrected chi connectivity index (χ4v) is 1.25. The Balaban J connectivity index is 3.94. The van der Waals surface area contributed by atoms with Crippen LogP contribution < -0.4 is 0 Å². The van der Waals surface area contributed by atoms with Crippen LogP contribution in [-0.4, -0.2) is 11.1 Å². The molecule has 0 saturated carbocycles. The van der Waals surface area contributed by atoms with Crippen molar-refractivity contribution in [2.45, 2.75) is 26.2 Å². The van der Waals surface area contributed by atoms with Gasteiger partial charge in [-0.2, -0.15) is 0 Å². The maximum Gasteiger partial charge on any atom is 0.306 e. The van der Waals surface area contributed by atoms with E-state index in [1.807, 2.05) is 6.08 Å². The SMILES string of the molecule is C=CCCCC(C=C)C(C)C(=O)O. The molecule has 2 atom stereocenters. The summed E-state index contributed by atoms with van der Waals surface area (Å²) in [4.78, 5) is 10.7. The number of hydrogen-bond acceptors (Lipinski definition) is 1. The molecule has 2 heteroatoms. The number of carboxylic acid groups (broad SMARTS) is 1. The lowest BCUT2D eigenvalue weighted by molar-refractivity contribution is -0.142. The molecule has 0 aromatic rings. The molecule has 0 aliphatic heterocycles. The molecule has 0 bridgehead atoms. The van der Waals surface area contributed by atoms with Crippen LogP contribution in [0.3, 0.4) is 0 Å². The lowest BCUT2D eigenvalue weighted by Gasteiger charge is -2.15. The summed E-state index contributed by atoms with van der Waals surface area (Å²) in [5.74, 6) is -0.997. The largest absolute Gasteiger partial charge is 0.481 e. The Morgan fingerprint density at radius 1 is 1.54 bits per heavy atom. The third-order valence-corrected chi connectivity index (χ3v) is 2.28. The van der Waals surface area contributed by atoms with Gasteiger partial charge in [-0.1, -0.05) is 19.1 Å². The van der Waals surface area contributed by atoms with Gasteiger partial charge in [-0.05, 0) is 25.2 Å².